The van der Waals surface area contributed by atoms with Crippen molar-refractivity contribution in [3.8, 4) is 0 Å². The Morgan fingerprint density at radius 1 is 1.29 bits per heavy atom. The molecule has 0 bridgehead atoms. The van der Waals surface area contributed by atoms with Gasteiger partial charge in [-0.15, -0.1) is 0 Å². The first-order valence-electron chi connectivity index (χ1n) is 6.83. The molecule has 0 atom stereocenters. The summed E-state index contributed by atoms with van der Waals surface area (Å²) in [7, 11) is 0. The standard InChI is InChI=1S/C14H15N5O2/c1-2-3-8-19-13(6-7-15-19)16-14(20)10-4-5-11-12(9-10)18-21-17-11/h4-7,9H,2-3,8H2,1H3,(H,16,20). The fourth-order valence-electron chi connectivity index (χ4n) is 2.04. The molecule has 7 nitrogen and oxygen atoms in total. The Morgan fingerprint density at radius 3 is 3.00 bits per heavy atom. The largest absolute Gasteiger partial charge is 0.307 e. The number of unbranched alkanes of at least 4 members (excludes halogenated alkanes) is 1. The normalized spacial score (nSPS) is 10.9. The quantitative estimate of drug-likeness (QED) is 0.778. The molecular weight excluding hydrogens is 270 g/mol. The third kappa shape index (κ3) is 2.76. The Kier molecular flexibility index (Phi) is 3.63. The van der Waals surface area contributed by atoms with E-state index in [0.29, 0.717) is 22.4 Å². The first kappa shape index (κ1) is 13.3. The SMILES string of the molecule is CCCCn1nccc1NC(=O)c1ccc2nonc2c1. The van der Waals surface area contributed by atoms with Crippen LogP contribution in [0.4, 0.5) is 5.82 Å². The summed E-state index contributed by atoms with van der Waals surface area (Å²) in [4.78, 5) is 12.3. The van der Waals surface area contributed by atoms with E-state index in [2.05, 4.69) is 32.3 Å². The Labute approximate surface area is 120 Å². The van der Waals surface area contributed by atoms with E-state index in [0.717, 1.165) is 19.4 Å². The van der Waals surface area contributed by atoms with Gasteiger partial charge in [0.05, 0.1) is 6.20 Å². The number of nitrogens with one attached hydrogen (secondary N) is 1. The molecule has 1 N–H and O–H groups in total. The van der Waals surface area contributed by atoms with Gasteiger partial charge in [0.15, 0.2) is 0 Å². The highest BCUT2D eigenvalue weighted by molar-refractivity contribution is 6.05. The van der Waals surface area contributed by atoms with E-state index in [-0.39, 0.29) is 5.91 Å². The lowest BCUT2D eigenvalue weighted by atomic mass is 10.2. The summed E-state index contributed by atoms with van der Waals surface area (Å²) >= 11 is 0. The maximum absolute atomic E-state index is 12.3. The molecule has 0 aliphatic heterocycles. The second kappa shape index (κ2) is 5.74. The number of fused-ring (bicyclic) bond motifs is 1. The van der Waals surface area contributed by atoms with E-state index in [4.69, 9.17) is 0 Å². The van der Waals surface area contributed by atoms with E-state index in [1.165, 1.54) is 0 Å². The molecule has 0 saturated carbocycles. The van der Waals surface area contributed by atoms with E-state index < -0.39 is 0 Å². The Morgan fingerprint density at radius 2 is 2.14 bits per heavy atom. The van der Waals surface area contributed by atoms with Crippen LogP contribution in [0.25, 0.3) is 11.0 Å². The highest BCUT2D eigenvalue weighted by atomic mass is 16.6. The second-order valence-corrected chi connectivity index (χ2v) is 4.71. The predicted octanol–water partition coefficient (Wildman–Crippen LogP) is 2.47. The van der Waals surface area contributed by atoms with E-state index >= 15 is 0 Å². The number of aryl methyl sites for hydroxylation is 1. The molecule has 2 aromatic heterocycles. The fourth-order valence-corrected chi connectivity index (χ4v) is 2.04. The zero-order chi connectivity index (χ0) is 14.7. The van der Waals surface area contributed by atoms with Gasteiger partial charge in [-0.1, -0.05) is 13.3 Å². The summed E-state index contributed by atoms with van der Waals surface area (Å²) in [6.45, 7) is 2.90. The number of anilines is 1. The Bertz CT molecular complexity index is 761. The zero-order valence-electron chi connectivity index (χ0n) is 11.6. The van der Waals surface area contributed by atoms with Crippen LogP contribution < -0.4 is 5.32 Å². The molecule has 108 valence electrons. The molecule has 0 radical (unpaired) electrons. The molecule has 21 heavy (non-hydrogen) atoms. The van der Waals surface area contributed by atoms with E-state index in [1.807, 2.05) is 0 Å². The van der Waals surface area contributed by atoms with E-state index in [1.54, 1.807) is 35.1 Å². The molecule has 0 spiro atoms. The molecule has 0 aliphatic carbocycles. The van der Waals surface area contributed by atoms with Gasteiger partial charge in [0, 0.05) is 18.2 Å². The van der Waals surface area contributed by atoms with Crippen molar-refractivity contribution in [2.24, 2.45) is 0 Å². The lowest BCUT2D eigenvalue weighted by Gasteiger charge is -2.08. The smallest absolute Gasteiger partial charge is 0.256 e. The maximum Gasteiger partial charge on any atom is 0.256 e. The van der Waals surface area contributed by atoms with Crippen LogP contribution in [0.15, 0.2) is 35.1 Å². The molecule has 0 unspecified atom stereocenters. The van der Waals surface area contributed by atoms with Gasteiger partial charge in [-0.05, 0) is 34.9 Å². The number of hydrogen-bond acceptors (Lipinski definition) is 5. The molecule has 3 aromatic rings. The van der Waals surface area contributed by atoms with Gasteiger partial charge >= 0.3 is 0 Å². The molecule has 3 rings (SSSR count). The van der Waals surface area contributed by atoms with Crippen LogP contribution in [0, 0.1) is 0 Å². The van der Waals surface area contributed by atoms with Crippen LogP contribution in [0.5, 0.6) is 0 Å². The van der Waals surface area contributed by atoms with Gasteiger partial charge in [-0.25, -0.2) is 9.31 Å². The zero-order valence-corrected chi connectivity index (χ0v) is 11.6. The molecular formula is C14H15N5O2. The molecule has 2 heterocycles. The summed E-state index contributed by atoms with van der Waals surface area (Å²) in [5.74, 6) is 0.477. The Balaban J connectivity index is 1.77. The first-order chi connectivity index (χ1) is 10.3. The van der Waals surface area contributed by atoms with Crippen molar-refractivity contribution in [3.63, 3.8) is 0 Å². The van der Waals surface area contributed by atoms with Gasteiger partial charge in [-0.2, -0.15) is 5.10 Å². The van der Waals surface area contributed by atoms with Crippen molar-refractivity contribution in [2.75, 3.05) is 5.32 Å². The summed E-state index contributed by atoms with van der Waals surface area (Å²) in [5.41, 5.74) is 1.68. The first-order valence-corrected chi connectivity index (χ1v) is 6.83. The minimum Gasteiger partial charge on any atom is -0.307 e. The minimum absolute atomic E-state index is 0.210. The lowest BCUT2D eigenvalue weighted by Crippen LogP contribution is -2.15. The van der Waals surface area contributed by atoms with Gasteiger partial charge in [-0.3, -0.25) is 4.79 Å². The third-order valence-electron chi connectivity index (χ3n) is 3.20. The van der Waals surface area contributed by atoms with Crippen LogP contribution in [-0.2, 0) is 6.54 Å². The lowest BCUT2D eigenvalue weighted by molar-refractivity contribution is 0.102. The predicted molar refractivity (Wildman–Crippen MR) is 76.9 cm³/mol. The highest BCUT2D eigenvalue weighted by Crippen LogP contribution is 2.14. The van der Waals surface area contributed by atoms with Crippen LogP contribution in [0.3, 0.4) is 0 Å². The monoisotopic (exact) mass is 285 g/mol. The van der Waals surface area contributed by atoms with Crippen LogP contribution >= 0.6 is 0 Å². The number of benzene rings is 1. The third-order valence-corrected chi connectivity index (χ3v) is 3.20. The topological polar surface area (TPSA) is 85.8 Å². The number of aromatic nitrogens is 4. The van der Waals surface area contributed by atoms with Crippen molar-refractivity contribution in [3.05, 3.63) is 36.0 Å². The average Bonchev–Trinajstić information content (AvgIpc) is 3.13. The minimum atomic E-state index is -0.210. The molecule has 1 aromatic carbocycles. The summed E-state index contributed by atoms with van der Waals surface area (Å²) in [5, 5.41) is 14.5. The van der Waals surface area contributed by atoms with E-state index in [9.17, 15) is 4.79 Å². The summed E-state index contributed by atoms with van der Waals surface area (Å²) in [6.07, 6.45) is 3.76. The van der Waals surface area contributed by atoms with Crippen molar-refractivity contribution >= 4 is 22.8 Å². The summed E-state index contributed by atoms with van der Waals surface area (Å²) in [6, 6.07) is 6.82. The molecule has 0 fully saturated rings. The second-order valence-electron chi connectivity index (χ2n) is 4.71. The fraction of sp³-hybridized carbons (Fsp3) is 0.286. The molecule has 0 saturated heterocycles. The van der Waals surface area contributed by atoms with Gasteiger partial charge in [0.2, 0.25) is 0 Å². The highest BCUT2D eigenvalue weighted by Gasteiger charge is 2.11. The molecule has 0 aliphatic rings. The van der Waals surface area contributed by atoms with Crippen LogP contribution in [0.2, 0.25) is 0 Å². The number of nitrogens with zero attached hydrogens (tertiary/aromatic N) is 4. The average molecular weight is 285 g/mol. The number of hydrogen-bond donors (Lipinski definition) is 1. The molecule has 7 heteroatoms. The van der Waals surface area contributed by atoms with Crippen molar-refractivity contribution in [1.29, 1.82) is 0 Å². The number of carbonyl (C=O) groups excluding carboxylic acids is 1. The van der Waals surface area contributed by atoms with Gasteiger partial charge in [0.1, 0.15) is 16.9 Å². The van der Waals surface area contributed by atoms with Gasteiger partial charge in [0.25, 0.3) is 5.91 Å². The number of rotatable bonds is 5. The number of carbonyl (C=O) groups is 1. The van der Waals surface area contributed by atoms with Crippen molar-refractivity contribution < 1.29 is 9.42 Å². The maximum atomic E-state index is 12.3. The number of amides is 1. The van der Waals surface area contributed by atoms with Gasteiger partial charge < -0.3 is 5.32 Å². The Hall–Kier alpha value is -2.70. The van der Waals surface area contributed by atoms with Crippen LogP contribution in [-0.4, -0.2) is 26.0 Å². The van der Waals surface area contributed by atoms with Crippen molar-refractivity contribution in [2.45, 2.75) is 26.3 Å². The molecule has 1 amide bonds. The summed E-state index contributed by atoms with van der Waals surface area (Å²) < 4.78 is 6.41. The van der Waals surface area contributed by atoms with Crippen LogP contribution in [0.1, 0.15) is 30.1 Å². The van der Waals surface area contributed by atoms with Crippen molar-refractivity contribution in [1.82, 2.24) is 20.1 Å².